The summed E-state index contributed by atoms with van der Waals surface area (Å²) in [7, 11) is 1.54. The summed E-state index contributed by atoms with van der Waals surface area (Å²) < 4.78 is 30.2. The fraction of sp³-hybridized carbons (Fsp3) is 0.257. The molecule has 2 aliphatic rings. The molecular weight excluding hydrogens is 606 g/mol. The third-order valence-electron chi connectivity index (χ3n) is 7.61. The first-order chi connectivity index (χ1) is 22.4. The second-order valence-corrected chi connectivity index (χ2v) is 11.5. The smallest absolute Gasteiger partial charge is 0.338 e. The molecule has 3 heterocycles. The molecule has 4 aromatic rings. The van der Waals surface area contributed by atoms with Crippen molar-refractivity contribution in [1.29, 1.82) is 5.26 Å². The van der Waals surface area contributed by atoms with Crippen molar-refractivity contribution >= 4 is 23.4 Å². The number of fused-ring (bicyclic) bond motifs is 2. The number of benzene rings is 3. The molecule has 11 heteroatoms. The Morgan fingerprint density at radius 1 is 1.11 bits per heavy atom. The normalized spacial score (nSPS) is 15.2. The van der Waals surface area contributed by atoms with Gasteiger partial charge in [0, 0.05) is 5.56 Å². The molecule has 234 valence electrons. The molecule has 46 heavy (non-hydrogen) atoms. The summed E-state index contributed by atoms with van der Waals surface area (Å²) in [6.07, 6.45) is 3.06. The van der Waals surface area contributed by atoms with Gasteiger partial charge in [-0.3, -0.25) is 9.36 Å². The summed E-state index contributed by atoms with van der Waals surface area (Å²) in [5.74, 6) is 1.61. The number of ether oxygens (including phenoxy) is 5. The zero-order valence-corrected chi connectivity index (χ0v) is 26.4. The fourth-order valence-corrected chi connectivity index (χ4v) is 6.49. The number of hydrogen-bond donors (Lipinski definition) is 0. The van der Waals surface area contributed by atoms with Gasteiger partial charge >= 0.3 is 5.97 Å². The van der Waals surface area contributed by atoms with Crippen molar-refractivity contribution in [3.05, 3.63) is 114 Å². The molecule has 2 aliphatic heterocycles. The zero-order valence-electron chi connectivity index (χ0n) is 25.6. The lowest BCUT2D eigenvalue weighted by molar-refractivity contribution is -0.139. The predicted molar refractivity (Wildman–Crippen MR) is 171 cm³/mol. The van der Waals surface area contributed by atoms with E-state index in [-0.39, 0.29) is 25.6 Å². The average Bonchev–Trinajstić information content (AvgIpc) is 3.67. The molecule has 10 nitrogen and oxygen atoms in total. The van der Waals surface area contributed by atoms with Crippen LogP contribution in [0.4, 0.5) is 0 Å². The number of nitriles is 1. The van der Waals surface area contributed by atoms with Gasteiger partial charge in [-0.1, -0.05) is 55.0 Å². The largest absolute Gasteiger partial charge is 0.493 e. The van der Waals surface area contributed by atoms with E-state index in [0.29, 0.717) is 66.7 Å². The Labute approximate surface area is 269 Å². The lowest BCUT2D eigenvalue weighted by Crippen LogP contribution is -2.40. The molecule has 0 N–H and O–H groups in total. The maximum atomic E-state index is 14.1. The number of nitrogens with zero attached hydrogens (tertiary/aromatic N) is 3. The van der Waals surface area contributed by atoms with Gasteiger partial charge in [-0.05, 0) is 60.9 Å². The molecule has 1 aromatic heterocycles. The average molecular weight is 638 g/mol. The third kappa shape index (κ3) is 5.87. The van der Waals surface area contributed by atoms with Crippen LogP contribution in [0.1, 0.15) is 55.0 Å². The van der Waals surface area contributed by atoms with Crippen LogP contribution in [0.15, 0.2) is 81.7 Å². The Balaban J connectivity index is 1.42. The minimum Gasteiger partial charge on any atom is -0.493 e. The van der Waals surface area contributed by atoms with Gasteiger partial charge in [0.15, 0.2) is 27.8 Å². The van der Waals surface area contributed by atoms with E-state index < -0.39 is 12.0 Å². The highest BCUT2D eigenvalue weighted by Gasteiger charge is 2.35. The van der Waals surface area contributed by atoms with Gasteiger partial charge in [-0.25, -0.2) is 9.79 Å². The topological polar surface area (TPSA) is 121 Å². The van der Waals surface area contributed by atoms with Crippen molar-refractivity contribution in [3.8, 4) is 29.1 Å². The van der Waals surface area contributed by atoms with Crippen LogP contribution in [0.3, 0.4) is 0 Å². The molecule has 0 amide bonds. The van der Waals surface area contributed by atoms with Crippen LogP contribution in [0, 0.1) is 11.3 Å². The maximum Gasteiger partial charge on any atom is 0.338 e. The van der Waals surface area contributed by atoms with E-state index in [1.165, 1.54) is 11.3 Å². The number of esters is 1. The zero-order chi connectivity index (χ0) is 32.2. The van der Waals surface area contributed by atoms with Crippen molar-refractivity contribution in [2.45, 2.75) is 39.3 Å². The Morgan fingerprint density at radius 3 is 2.72 bits per heavy atom. The van der Waals surface area contributed by atoms with E-state index in [4.69, 9.17) is 28.7 Å². The van der Waals surface area contributed by atoms with Gasteiger partial charge in [0.25, 0.3) is 5.56 Å². The molecule has 6 rings (SSSR count). The summed E-state index contributed by atoms with van der Waals surface area (Å²) in [5, 5.41) is 9.40. The number of rotatable bonds is 10. The van der Waals surface area contributed by atoms with Crippen LogP contribution in [0.25, 0.3) is 6.08 Å². The molecule has 0 saturated heterocycles. The molecule has 0 saturated carbocycles. The van der Waals surface area contributed by atoms with E-state index in [9.17, 15) is 14.9 Å². The van der Waals surface area contributed by atoms with Gasteiger partial charge < -0.3 is 23.7 Å². The fourth-order valence-electron chi connectivity index (χ4n) is 5.47. The van der Waals surface area contributed by atoms with Crippen molar-refractivity contribution in [3.63, 3.8) is 0 Å². The van der Waals surface area contributed by atoms with Crippen LogP contribution in [0.5, 0.6) is 23.0 Å². The number of hydrogen-bond acceptors (Lipinski definition) is 10. The van der Waals surface area contributed by atoms with Crippen LogP contribution < -0.4 is 33.8 Å². The summed E-state index contributed by atoms with van der Waals surface area (Å²) in [5.41, 5.74) is 3.34. The predicted octanol–water partition coefficient (Wildman–Crippen LogP) is 4.77. The van der Waals surface area contributed by atoms with Gasteiger partial charge in [-0.15, -0.1) is 0 Å². The highest BCUT2D eigenvalue weighted by atomic mass is 32.1. The molecule has 0 fully saturated rings. The Hall–Kier alpha value is -5.34. The molecule has 0 aliphatic carbocycles. The summed E-state index contributed by atoms with van der Waals surface area (Å²) in [6, 6.07) is 19.5. The highest BCUT2D eigenvalue weighted by molar-refractivity contribution is 7.07. The van der Waals surface area contributed by atoms with E-state index >= 15 is 0 Å². The van der Waals surface area contributed by atoms with Crippen LogP contribution in [-0.2, 0) is 16.1 Å². The molecule has 0 spiro atoms. The van der Waals surface area contributed by atoms with Gasteiger partial charge in [0.1, 0.15) is 6.61 Å². The second kappa shape index (κ2) is 13.3. The quantitative estimate of drug-likeness (QED) is 0.228. The van der Waals surface area contributed by atoms with Gasteiger partial charge in [-0.2, -0.15) is 5.26 Å². The number of carbonyl (C=O) groups excluding carboxylic acids is 1. The summed E-state index contributed by atoms with van der Waals surface area (Å²) in [6.45, 7) is 4.24. The molecule has 0 radical (unpaired) electrons. The first kappa shape index (κ1) is 30.7. The number of thiazole rings is 1. The first-order valence-electron chi connectivity index (χ1n) is 14.9. The van der Waals surface area contributed by atoms with E-state index in [2.05, 4.69) is 6.07 Å². The number of carbonyl (C=O) groups is 1. The Morgan fingerprint density at radius 2 is 1.93 bits per heavy atom. The van der Waals surface area contributed by atoms with Gasteiger partial charge in [0.2, 0.25) is 6.79 Å². The molecule has 0 unspecified atom stereocenters. The standard InChI is InChI=1S/C35H31N3O7S/c1-4-8-25-31(34(40)42-5-2)32(22-12-14-27-29(17-22)45-20-44-27)38-33(39)30(46-35(38)37-25)16-21-11-13-26(28(15-21)41-3)43-19-24-10-7-6-9-23(24)18-36/h6-7,9-17,32H,4-5,8,19-20H2,1-3H3/b30-16+/t32-/m1/s1. The van der Waals surface area contributed by atoms with Crippen molar-refractivity contribution in [2.75, 3.05) is 20.5 Å². The van der Waals surface area contributed by atoms with Crippen LogP contribution >= 0.6 is 11.3 Å². The van der Waals surface area contributed by atoms with Crippen molar-refractivity contribution < 1.29 is 28.5 Å². The minimum atomic E-state index is -0.768. The van der Waals surface area contributed by atoms with Crippen LogP contribution in [-0.4, -0.2) is 31.0 Å². The number of methoxy groups -OCH3 is 1. The van der Waals surface area contributed by atoms with E-state index in [1.807, 2.05) is 31.2 Å². The number of aromatic nitrogens is 1. The first-order valence-corrected chi connectivity index (χ1v) is 15.7. The molecule has 1 atom stereocenters. The minimum absolute atomic E-state index is 0.101. The molecule has 3 aromatic carbocycles. The SMILES string of the molecule is CCCC1=C(C(=O)OCC)[C@@H](c2ccc3c(c2)OCO3)n2c(s/c(=C/c3ccc(OCc4ccccc4C#N)c(OC)c3)c2=O)=N1. The number of allylic oxidation sites excluding steroid dienone is 1. The second-order valence-electron chi connectivity index (χ2n) is 10.5. The third-order valence-corrected chi connectivity index (χ3v) is 8.59. The lowest BCUT2D eigenvalue weighted by Gasteiger charge is -2.25. The lowest BCUT2D eigenvalue weighted by atomic mass is 9.94. The van der Waals surface area contributed by atoms with Crippen molar-refractivity contribution in [2.24, 2.45) is 4.99 Å². The molecule has 0 bridgehead atoms. The van der Waals surface area contributed by atoms with Crippen molar-refractivity contribution in [1.82, 2.24) is 4.57 Å². The summed E-state index contributed by atoms with van der Waals surface area (Å²) >= 11 is 1.25. The highest BCUT2D eigenvalue weighted by Crippen LogP contribution is 2.39. The van der Waals surface area contributed by atoms with E-state index in [1.54, 1.807) is 61.1 Å². The van der Waals surface area contributed by atoms with Gasteiger partial charge in [0.05, 0.1) is 47.2 Å². The Bertz CT molecular complexity index is 2070. The Kier molecular flexibility index (Phi) is 8.90. The van der Waals surface area contributed by atoms with E-state index in [0.717, 1.165) is 12.0 Å². The molecular formula is C35H31N3O7S. The monoisotopic (exact) mass is 637 g/mol. The summed E-state index contributed by atoms with van der Waals surface area (Å²) in [4.78, 5) is 32.9. The maximum absolute atomic E-state index is 14.1. The van der Waals surface area contributed by atoms with Crippen LogP contribution in [0.2, 0.25) is 0 Å².